The average molecular weight is 489 g/mol. The topological polar surface area (TPSA) is 118 Å². The number of benzene rings is 1. The number of aromatic nitrogens is 3. The zero-order chi connectivity index (χ0) is 24.1. The minimum Gasteiger partial charge on any atom is -0.483 e. The molecular weight excluding hydrogens is 463 g/mol. The van der Waals surface area contributed by atoms with Gasteiger partial charge in [0.1, 0.15) is 12.1 Å². The zero-order valence-electron chi connectivity index (χ0n) is 18.5. The molecule has 1 aromatic carbocycles. The number of hydrogen-bond donors (Lipinski definition) is 2. The molecule has 4 amide bonds. The number of nitrogens with zero attached hydrogens (tertiary/aromatic N) is 4. The molecule has 0 atom stereocenters. The molecule has 1 saturated carbocycles. The summed E-state index contributed by atoms with van der Waals surface area (Å²) >= 11 is 1.08. The van der Waals surface area contributed by atoms with Gasteiger partial charge in [0, 0.05) is 6.54 Å². The Morgan fingerprint density at radius 2 is 2.03 bits per heavy atom. The van der Waals surface area contributed by atoms with Crippen molar-refractivity contribution in [3.63, 3.8) is 0 Å². The van der Waals surface area contributed by atoms with Gasteiger partial charge in [0.05, 0.1) is 5.75 Å². The lowest BCUT2D eigenvalue weighted by Gasteiger charge is -2.30. The van der Waals surface area contributed by atoms with Crippen LogP contribution >= 0.6 is 11.8 Å². The van der Waals surface area contributed by atoms with E-state index in [1.54, 1.807) is 22.8 Å². The van der Waals surface area contributed by atoms with Crippen LogP contribution in [0.25, 0.3) is 0 Å². The molecule has 2 aromatic rings. The van der Waals surface area contributed by atoms with Crippen LogP contribution in [0.1, 0.15) is 37.9 Å². The summed E-state index contributed by atoms with van der Waals surface area (Å²) in [6.07, 6.45) is 5.50. The largest absolute Gasteiger partial charge is 0.483 e. The van der Waals surface area contributed by atoms with Gasteiger partial charge in [0.25, 0.3) is 5.91 Å². The summed E-state index contributed by atoms with van der Waals surface area (Å²) in [5.41, 5.74) is 1.49. The van der Waals surface area contributed by atoms with Crippen LogP contribution in [0.5, 0.6) is 5.75 Å². The van der Waals surface area contributed by atoms with E-state index in [1.807, 2.05) is 0 Å². The van der Waals surface area contributed by atoms with E-state index in [2.05, 4.69) is 27.5 Å². The second-order valence-electron chi connectivity index (χ2n) is 8.05. The Labute approximate surface area is 199 Å². The highest BCUT2D eigenvalue weighted by atomic mass is 32.2. The van der Waals surface area contributed by atoms with Crippen molar-refractivity contribution in [1.29, 1.82) is 0 Å². The van der Waals surface area contributed by atoms with Gasteiger partial charge in [-0.1, -0.05) is 49.2 Å². The van der Waals surface area contributed by atoms with Gasteiger partial charge >= 0.3 is 6.03 Å². The number of allylic oxidation sites excluding steroid dienone is 1. The molecule has 4 rings (SSSR count). The number of rotatable bonds is 9. The van der Waals surface area contributed by atoms with Crippen LogP contribution in [0.2, 0.25) is 0 Å². The van der Waals surface area contributed by atoms with Crippen LogP contribution in [-0.2, 0) is 22.7 Å². The van der Waals surface area contributed by atoms with E-state index in [-0.39, 0.29) is 18.1 Å². The molecule has 10 nitrogen and oxygen atoms in total. The number of hydrogen-bond acceptors (Lipinski definition) is 7. The number of thioether (sulfide) groups is 1. The molecule has 1 spiro atoms. The number of ether oxygens (including phenoxy) is 1. The van der Waals surface area contributed by atoms with Crippen molar-refractivity contribution < 1.29 is 23.5 Å². The highest BCUT2D eigenvalue weighted by Gasteiger charge is 2.52. The lowest BCUT2D eigenvalue weighted by molar-refractivity contribution is -0.139. The lowest BCUT2D eigenvalue weighted by Crippen LogP contribution is -2.51. The molecule has 2 heterocycles. The van der Waals surface area contributed by atoms with Crippen molar-refractivity contribution in [3.05, 3.63) is 48.6 Å². The number of para-hydroxylation sites is 1. The summed E-state index contributed by atoms with van der Waals surface area (Å²) in [7, 11) is 0. The molecule has 2 fully saturated rings. The second kappa shape index (κ2) is 10.2. The third-order valence-corrected chi connectivity index (χ3v) is 6.70. The summed E-state index contributed by atoms with van der Waals surface area (Å²) in [6, 6.07) is 5.42. The first-order chi connectivity index (χ1) is 16.4. The lowest BCUT2D eigenvalue weighted by atomic mass is 9.82. The SMILES string of the molecule is C=CCn1c(COc2ccccc2F)nnc1SCC(=O)NN1C(=O)NC2(CCCCC2)C1=O. The van der Waals surface area contributed by atoms with E-state index in [4.69, 9.17) is 4.74 Å². The molecule has 34 heavy (non-hydrogen) atoms. The van der Waals surface area contributed by atoms with Gasteiger partial charge in [0.2, 0.25) is 5.91 Å². The molecule has 1 saturated heterocycles. The van der Waals surface area contributed by atoms with Crippen molar-refractivity contribution in [3.8, 4) is 5.75 Å². The fourth-order valence-electron chi connectivity index (χ4n) is 4.05. The number of urea groups is 1. The molecule has 180 valence electrons. The summed E-state index contributed by atoms with van der Waals surface area (Å²) in [4.78, 5) is 37.6. The number of halogens is 1. The molecule has 2 N–H and O–H groups in total. The van der Waals surface area contributed by atoms with E-state index in [1.165, 1.54) is 12.1 Å². The standard InChI is InChI=1S/C22H25FN6O4S/c1-2-12-28-17(13-33-16-9-5-4-8-15(16)23)25-26-21(28)34-14-18(30)27-29-19(31)22(24-20(29)32)10-6-3-7-11-22/h2,4-5,8-9H,1,3,6-7,10-14H2,(H,24,32)(H,27,30). The Kier molecular flexibility index (Phi) is 7.15. The van der Waals surface area contributed by atoms with Gasteiger partial charge in [-0.2, -0.15) is 5.01 Å². The maximum absolute atomic E-state index is 13.8. The predicted molar refractivity (Wildman–Crippen MR) is 121 cm³/mol. The minimum atomic E-state index is -0.910. The van der Waals surface area contributed by atoms with E-state index in [0.717, 1.165) is 36.0 Å². The molecule has 1 aliphatic heterocycles. The predicted octanol–water partition coefficient (Wildman–Crippen LogP) is 2.56. The summed E-state index contributed by atoms with van der Waals surface area (Å²) in [5.74, 6) is -1.02. The highest BCUT2D eigenvalue weighted by Crippen LogP contribution is 2.33. The third kappa shape index (κ3) is 4.91. The van der Waals surface area contributed by atoms with Crippen molar-refractivity contribution in [2.45, 2.75) is 56.0 Å². The van der Waals surface area contributed by atoms with Crippen molar-refractivity contribution >= 4 is 29.6 Å². The van der Waals surface area contributed by atoms with Crippen LogP contribution in [0.4, 0.5) is 9.18 Å². The Morgan fingerprint density at radius 3 is 2.76 bits per heavy atom. The van der Waals surface area contributed by atoms with Crippen LogP contribution in [0, 0.1) is 5.82 Å². The Bertz CT molecular complexity index is 1100. The Hall–Kier alpha value is -3.41. The maximum Gasteiger partial charge on any atom is 0.344 e. The van der Waals surface area contributed by atoms with Crippen molar-refractivity contribution in [2.24, 2.45) is 0 Å². The first-order valence-electron chi connectivity index (χ1n) is 10.9. The fraction of sp³-hybridized carbons (Fsp3) is 0.409. The molecule has 12 heteroatoms. The number of hydrazine groups is 1. The van der Waals surface area contributed by atoms with E-state index in [0.29, 0.717) is 30.4 Å². The Morgan fingerprint density at radius 1 is 1.26 bits per heavy atom. The second-order valence-corrected chi connectivity index (χ2v) is 9.00. The monoisotopic (exact) mass is 488 g/mol. The first kappa shape index (κ1) is 23.7. The molecule has 2 aliphatic rings. The molecule has 1 aromatic heterocycles. The number of carbonyl (C=O) groups is 3. The normalized spacial score (nSPS) is 17.0. The van der Waals surface area contributed by atoms with Gasteiger partial charge < -0.3 is 10.1 Å². The van der Waals surface area contributed by atoms with Gasteiger partial charge in [-0.3, -0.25) is 19.6 Å². The van der Waals surface area contributed by atoms with Crippen LogP contribution in [0.15, 0.2) is 42.1 Å². The highest BCUT2D eigenvalue weighted by molar-refractivity contribution is 7.99. The Balaban J connectivity index is 1.36. The number of carbonyl (C=O) groups excluding carboxylic acids is 3. The first-order valence-corrected chi connectivity index (χ1v) is 11.9. The van der Waals surface area contributed by atoms with Gasteiger partial charge in [-0.25, -0.2) is 9.18 Å². The van der Waals surface area contributed by atoms with Crippen molar-refractivity contribution in [1.82, 2.24) is 30.5 Å². The smallest absolute Gasteiger partial charge is 0.344 e. The fourth-order valence-corrected chi connectivity index (χ4v) is 4.81. The molecule has 1 aliphatic carbocycles. The zero-order valence-corrected chi connectivity index (χ0v) is 19.3. The quantitative estimate of drug-likeness (QED) is 0.316. The van der Waals surface area contributed by atoms with E-state index < -0.39 is 29.2 Å². The number of imide groups is 1. The number of amides is 4. The minimum absolute atomic E-state index is 0.0287. The van der Waals surface area contributed by atoms with Crippen LogP contribution in [-0.4, -0.2) is 48.9 Å². The van der Waals surface area contributed by atoms with Crippen LogP contribution < -0.4 is 15.5 Å². The van der Waals surface area contributed by atoms with Crippen molar-refractivity contribution in [2.75, 3.05) is 5.75 Å². The molecule has 0 radical (unpaired) electrons. The van der Waals surface area contributed by atoms with Gasteiger partial charge in [0.15, 0.2) is 22.5 Å². The average Bonchev–Trinajstić information content (AvgIpc) is 3.31. The molecule has 0 bridgehead atoms. The summed E-state index contributed by atoms with van der Waals surface area (Å²) in [5, 5.41) is 12.1. The molecule has 0 unspecified atom stereocenters. The van der Waals surface area contributed by atoms with E-state index in [9.17, 15) is 18.8 Å². The number of nitrogens with one attached hydrogen (secondary N) is 2. The van der Waals surface area contributed by atoms with Gasteiger partial charge in [-0.05, 0) is 25.0 Å². The third-order valence-electron chi connectivity index (χ3n) is 5.74. The maximum atomic E-state index is 13.8. The summed E-state index contributed by atoms with van der Waals surface area (Å²) < 4.78 is 21.0. The van der Waals surface area contributed by atoms with Gasteiger partial charge in [-0.15, -0.1) is 16.8 Å². The summed E-state index contributed by atoms with van der Waals surface area (Å²) in [6.45, 7) is 4.04. The molecular formula is C22H25FN6O4S. The van der Waals surface area contributed by atoms with Crippen LogP contribution in [0.3, 0.4) is 0 Å². The van der Waals surface area contributed by atoms with E-state index >= 15 is 0 Å².